The highest BCUT2D eigenvalue weighted by Gasteiger charge is 2.28. The Hall–Kier alpha value is -1.43. The van der Waals surface area contributed by atoms with E-state index in [1.54, 1.807) is 14.0 Å². The van der Waals surface area contributed by atoms with Crippen LogP contribution in [-0.4, -0.2) is 42.3 Å². The van der Waals surface area contributed by atoms with Crippen LogP contribution >= 0.6 is 0 Å². The number of likely N-dealkylation sites (N-methyl/N-ethyl adjacent to an activating group) is 1. The average molecular weight is 240 g/mol. The quantitative estimate of drug-likeness (QED) is 0.471. The van der Waals surface area contributed by atoms with E-state index in [9.17, 15) is 9.59 Å². The maximum Gasteiger partial charge on any atom is 0.246 e. The Morgan fingerprint density at radius 2 is 2.24 bits per heavy atom. The molecule has 0 aliphatic carbocycles. The molecule has 1 saturated heterocycles. The number of carbonyl (C=O) groups is 2. The zero-order valence-electron chi connectivity index (χ0n) is 10.4. The highest BCUT2D eigenvalue weighted by atomic mass is 16.2. The van der Waals surface area contributed by atoms with Crippen LogP contribution < -0.4 is 10.6 Å². The Labute approximate surface area is 101 Å². The largest absolute Gasteiger partial charge is 0.309 e. The van der Waals surface area contributed by atoms with Crippen molar-refractivity contribution in [3.8, 4) is 0 Å². The highest BCUT2D eigenvalue weighted by Crippen LogP contribution is 2.11. The molecule has 1 fully saturated rings. The van der Waals surface area contributed by atoms with E-state index in [1.165, 1.54) is 4.90 Å². The summed E-state index contributed by atoms with van der Waals surface area (Å²) in [6.07, 6.45) is 2.89. The van der Waals surface area contributed by atoms with Gasteiger partial charge in [-0.2, -0.15) is 0 Å². The molecule has 1 heterocycles. The number of nitrogens with zero attached hydrogens (tertiary/aromatic N) is 1. The van der Waals surface area contributed by atoms with Crippen molar-refractivity contribution in [2.75, 3.05) is 13.6 Å². The van der Waals surface area contributed by atoms with Gasteiger partial charge in [-0.3, -0.25) is 25.2 Å². The Kier molecular flexibility index (Phi) is 5.09. The van der Waals surface area contributed by atoms with E-state index in [1.807, 2.05) is 0 Å². The van der Waals surface area contributed by atoms with E-state index in [4.69, 9.17) is 5.41 Å². The van der Waals surface area contributed by atoms with Gasteiger partial charge in [-0.05, 0) is 26.3 Å². The number of guanidine groups is 1. The summed E-state index contributed by atoms with van der Waals surface area (Å²) < 4.78 is 0. The zero-order chi connectivity index (χ0) is 12.8. The lowest BCUT2D eigenvalue weighted by Gasteiger charge is -2.24. The number of nitrogens with one attached hydrogen (secondary N) is 3. The van der Waals surface area contributed by atoms with Crippen LogP contribution in [0, 0.1) is 5.41 Å². The van der Waals surface area contributed by atoms with Crippen LogP contribution in [0.15, 0.2) is 0 Å². The van der Waals surface area contributed by atoms with Crippen LogP contribution in [0.4, 0.5) is 0 Å². The Morgan fingerprint density at radius 1 is 1.53 bits per heavy atom. The standard InChI is InChI=1S/C11H20N4O2/c1-3-9(16)14-11(12)15-7-5-4-6-8(13-2)10(15)17/h8,13H,3-7H2,1-2H3,(H2,12,14,16). The van der Waals surface area contributed by atoms with Gasteiger partial charge in [0.15, 0.2) is 0 Å². The van der Waals surface area contributed by atoms with Crippen LogP contribution in [0.2, 0.25) is 0 Å². The van der Waals surface area contributed by atoms with E-state index in [0.717, 1.165) is 19.3 Å². The second kappa shape index (κ2) is 6.34. The second-order valence-electron chi connectivity index (χ2n) is 4.08. The average Bonchev–Trinajstić information content (AvgIpc) is 2.50. The topological polar surface area (TPSA) is 85.3 Å². The molecule has 0 aromatic carbocycles. The number of hydrogen-bond donors (Lipinski definition) is 3. The van der Waals surface area contributed by atoms with Gasteiger partial charge >= 0.3 is 0 Å². The summed E-state index contributed by atoms with van der Waals surface area (Å²) in [6, 6.07) is -0.253. The normalized spacial score (nSPS) is 20.9. The summed E-state index contributed by atoms with van der Waals surface area (Å²) in [5, 5.41) is 13.1. The molecule has 1 unspecified atom stereocenters. The van der Waals surface area contributed by atoms with Crippen molar-refractivity contribution < 1.29 is 9.59 Å². The minimum atomic E-state index is -0.253. The van der Waals surface area contributed by atoms with E-state index in [-0.39, 0.29) is 23.8 Å². The first-order valence-corrected chi connectivity index (χ1v) is 5.97. The smallest absolute Gasteiger partial charge is 0.246 e. The van der Waals surface area contributed by atoms with Gasteiger partial charge in [0.2, 0.25) is 17.8 Å². The third-order valence-corrected chi connectivity index (χ3v) is 2.89. The second-order valence-corrected chi connectivity index (χ2v) is 4.08. The van der Waals surface area contributed by atoms with Gasteiger partial charge in [0.1, 0.15) is 0 Å². The van der Waals surface area contributed by atoms with E-state index >= 15 is 0 Å². The van der Waals surface area contributed by atoms with Crippen molar-refractivity contribution in [2.24, 2.45) is 0 Å². The maximum atomic E-state index is 12.1. The SMILES string of the molecule is CCC(=O)NC(=N)N1CCCCC(NC)C1=O. The molecule has 0 spiro atoms. The fourth-order valence-electron chi connectivity index (χ4n) is 1.82. The van der Waals surface area contributed by atoms with Crippen molar-refractivity contribution in [2.45, 2.75) is 38.6 Å². The van der Waals surface area contributed by atoms with Crippen LogP contribution in [0.3, 0.4) is 0 Å². The van der Waals surface area contributed by atoms with E-state index in [2.05, 4.69) is 10.6 Å². The summed E-state index contributed by atoms with van der Waals surface area (Å²) in [5.74, 6) is -0.483. The van der Waals surface area contributed by atoms with Gasteiger partial charge in [-0.25, -0.2) is 0 Å². The molecule has 3 N–H and O–H groups in total. The first-order valence-electron chi connectivity index (χ1n) is 5.97. The molecular formula is C11H20N4O2. The first-order chi connectivity index (χ1) is 8.10. The Bertz CT molecular complexity index is 317. The summed E-state index contributed by atoms with van der Waals surface area (Å²) in [6.45, 7) is 2.21. The Morgan fingerprint density at radius 3 is 2.82 bits per heavy atom. The zero-order valence-corrected chi connectivity index (χ0v) is 10.4. The highest BCUT2D eigenvalue weighted by molar-refractivity contribution is 6.04. The van der Waals surface area contributed by atoms with Crippen molar-refractivity contribution >= 4 is 17.8 Å². The molecule has 96 valence electrons. The predicted octanol–water partition coefficient (Wildman–Crippen LogP) is 0.0479. The summed E-state index contributed by atoms with van der Waals surface area (Å²) in [5.41, 5.74) is 0. The minimum absolute atomic E-state index is 0.107. The molecular weight excluding hydrogens is 220 g/mol. The third-order valence-electron chi connectivity index (χ3n) is 2.89. The molecule has 1 rings (SSSR count). The lowest BCUT2D eigenvalue weighted by atomic mass is 10.1. The number of rotatable bonds is 2. The molecule has 1 aliphatic heterocycles. The van der Waals surface area contributed by atoms with Crippen molar-refractivity contribution in [3.05, 3.63) is 0 Å². The molecule has 17 heavy (non-hydrogen) atoms. The minimum Gasteiger partial charge on any atom is -0.309 e. The van der Waals surface area contributed by atoms with Crippen LogP contribution in [0.5, 0.6) is 0 Å². The van der Waals surface area contributed by atoms with Crippen molar-refractivity contribution in [3.63, 3.8) is 0 Å². The molecule has 6 heteroatoms. The van der Waals surface area contributed by atoms with Crippen LogP contribution in [0.1, 0.15) is 32.6 Å². The van der Waals surface area contributed by atoms with Gasteiger partial charge in [0.05, 0.1) is 6.04 Å². The predicted molar refractivity (Wildman–Crippen MR) is 64.6 cm³/mol. The molecule has 1 aliphatic rings. The first kappa shape index (κ1) is 13.6. The van der Waals surface area contributed by atoms with Gasteiger partial charge in [-0.1, -0.05) is 6.92 Å². The Balaban J connectivity index is 2.69. The monoisotopic (exact) mass is 240 g/mol. The molecule has 0 saturated carbocycles. The van der Waals surface area contributed by atoms with Gasteiger partial charge < -0.3 is 5.32 Å². The number of likely N-dealkylation sites (tertiary alicyclic amines) is 1. The van der Waals surface area contributed by atoms with Crippen LogP contribution in [-0.2, 0) is 9.59 Å². The maximum absolute atomic E-state index is 12.1. The van der Waals surface area contributed by atoms with Gasteiger partial charge in [0, 0.05) is 13.0 Å². The molecule has 0 bridgehead atoms. The summed E-state index contributed by atoms with van der Waals surface area (Å²) in [4.78, 5) is 24.6. The molecule has 1 atom stereocenters. The summed E-state index contributed by atoms with van der Waals surface area (Å²) >= 11 is 0. The molecule has 0 radical (unpaired) electrons. The molecule has 6 nitrogen and oxygen atoms in total. The van der Waals surface area contributed by atoms with Gasteiger partial charge in [0.25, 0.3) is 0 Å². The number of carbonyl (C=O) groups excluding carboxylic acids is 2. The van der Waals surface area contributed by atoms with E-state index < -0.39 is 0 Å². The van der Waals surface area contributed by atoms with E-state index in [0.29, 0.717) is 13.0 Å². The lowest BCUT2D eigenvalue weighted by Crippen LogP contribution is -2.51. The fraction of sp³-hybridized carbons (Fsp3) is 0.727. The van der Waals surface area contributed by atoms with Crippen molar-refractivity contribution in [1.29, 1.82) is 5.41 Å². The number of hydrogen-bond acceptors (Lipinski definition) is 4. The lowest BCUT2D eigenvalue weighted by molar-refractivity contribution is -0.129. The van der Waals surface area contributed by atoms with Crippen LogP contribution in [0.25, 0.3) is 0 Å². The third kappa shape index (κ3) is 3.52. The number of amides is 2. The fourth-order valence-corrected chi connectivity index (χ4v) is 1.82. The molecule has 2 amide bonds. The summed E-state index contributed by atoms with van der Waals surface area (Å²) in [7, 11) is 1.74. The molecule has 0 aromatic rings. The van der Waals surface area contributed by atoms with Gasteiger partial charge in [-0.15, -0.1) is 0 Å². The molecule has 0 aromatic heterocycles. The van der Waals surface area contributed by atoms with Crippen molar-refractivity contribution in [1.82, 2.24) is 15.5 Å².